The molecule has 0 aliphatic carbocycles. The molecule has 0 unspecified atom stereocenters. The normalized spacial score (nSPS) is 10.7. The number of anilines is 1. The van der Waals surface area contributed by atoms with Crippen molar-refractivity contribution in [2.24, 2.45) is 0 Å². The quantitative estimate of drug-likeness (QED) is 0.406. The predicted octanol–water partition coefficient (Wildman–Crippen LogP) is 4.16. The Balaban J connectivity index is 1.57. The number of hydrogen-bond donors (Lipinski definition) is 1. The van der Waals surface area contributed by atoms with Crippen molar-refractivity contribution in [2.45, 2.75) is 19.0 Å². The van der Waals surface area contributed by atoms with E-state index in [1.165, 1.54) is 11.8 Å². The highest BCUT2D eigenvalue weighted by Gasteiger charge is 2.18. The van der Waals surface area contributed by atoms with E-state index >= 15 is 0 Å². The number of rotatable bonds is 8. The third-order valence-corrected chi connectivity index (χ3v) is 5.44. The van der Waals surface area contributed by atoms with Crippen LogP contribution in [-0.2, 0) is 4.79 Å². The number of nitrogens with one attached hydrogen (secondary N) is 1. The second-order valence-corrected chi connectivity index (χ2v) is 7.78. The lowest BCUT2D eigenvalue weighted by Gasteiger charge is -2.12. The number of carbonyl (C=O) groups is 1. The molecule has 0 aliphatic heterocycles. The Morgan fingerprint density at radius 1 is 1.09 bits per heavy atom. The lowest BCUT2D eigenvalue weighted by molar-refractivity contribution is -0.113. The van der Waals surface area contributed by atoms with Gasteiger partial charge in [-0.25, -0.2) is 4.98 Å². The Kier molecular flexibility index (Phi) is 6.76. The summed E-state index contributed by atoms with van der Waals surface area (Å²) in [4.78, 5) is 21.1. The standard InChI is InChI=1S/C23H22N6O2S/c1-3-31-20-7-5-4-6-18(20)26-21(30)15-32-23-28-27-22(19-14-24-12-13-25-19)29(23)17-10-8-16(2)9-11-17/h4-14H,3,15H2,1-2H3,(H,26,30). The summed E-state index contributed by atoms with van der Waals surface area (Å²) in [6.07, 6.45) is 4.86. The van der Waals surface area contributed by atoms with E-state index in [9.17, 15) is 4.79 Å². The summed E-state index contributed by atoms with van der Waals surface area (Å²) in [5.41, 5.74) is 3.26. The topological polar surface area (TPSA) is 94.8 Å². The molecule has 8 nitrogen and oxygen atoms in total. The molecule has 9 heteroatoms. The summed E-state index contributed by atoms with van der Waals surface area (Å²) >= 11 is 1.30. The molecular weight excluding hydrogens is 424 g/mol. The van der Waals surface area contributed by atoms with Crippen LogP contribution in [0.15, 0.2) is 72.3 Å². The number of hydrogen-bond acceptors (Lipinski definition) is 7. The van der Waals surface area contributed by atoms with E-state index in [-0.39, 0.29) is 11.7 Å². The Hall–Kier alpha value is -3.72. The maximum Gasteiger partial charge on any atom is 0.234 e. The molecule has 0 saturated carbocycles. The third kappa shape index (κ3) is 4.94. The van der Waals surface area contributed by atoms with Gasteiger partial charge in [0.2, 0.25) is 5.91 Å². The molecule has 0 spiro atoms. The van der Waals surface area contributed by atoms with E-state index < -0.39 is 0 Å². The van der Waals surface area contributed by atoms with E-state index in [2.05, 4.69) is 25.5 Å². The van der Waals surface area contributed by atoms with Crippen molar-refractivity contribution < 1.29 is 9.53 Å². The fraction of sp³-hybridized carbons (Fsp3) is 0.174. The number of amides is 1. The monoisotopic (exact) mass is 446 g/mol. The Morgan fingerprint density at radius 3 is 2.66 bits per heavy atom. The first-order chi connectivity index (χ1) is 15.7. The van der Waals surface area contributed by atoms with Gasteiger partial charge in [0.05, 0.1) is 24.2 Å². The molecule has 2 aromatic carbocycles. The Bertz CT molecular complexity index is 1190. The van der Waals surface area contributed by atoms with Gasteiger partial charge in [-0.05, 0) is 38.1 Å². The molecule has 1 N–H and O–H groups in total. The van der Waals surface area contributed by atoms with Crippen LogP contribution in [0.3, 0.4) is 0 Å². The molecular formula is C23H22N6O2S. The SMILES string of the molecule is CCOc1ccccc1NC(=O)CSc1nnc(-c2cnccn2)n1-c1ccc(C)cc1. The van der Waals surface area contributed by atoms with Crippen molar-refractivity contribution in [3.05, 3.63) is 72.7 Å². The van der Waals surface area contributed by atoms with Crippen LogP contribution in [0.25, 0.3) is 17.2 Å². The van der Waals surface area contributed by atoms with E-state index in [0.717, 1.165) is 11.3 Å². The average Bonchev–Trinajstić information content (AvgIpc) is 3.24. The summed E-state index contributed by atoms with van der Waals surface area (Å²) in [5, 5.41) is 12.1. The van der Waals surface area contributed by atoms with Crippen LogP contribution in [0.5, 0.6) is 5.75 Å². The van der Waals surface area contributed by atoms with Gasteiger partial charge in [-0.1, -0.05) is 41.6 Å². The average molecular weight is 447 g/mol. The summed E-state index contributed by atoms with van der Waals surface area (Å²) in [7, 11) is 0. The predicted molar refractivity (Wildman–Crippen MR) is 124 cm³/mol. The number of carbonyl (C=O) groups excluding carboxylic acids is 1. The summed E-state index contributed by atoms with van der Waals surface area (Å²) in [5.74, 6) is 1.19. The molecule has 0 fully saturated rings. The Labute approximate surface area is 190 Å². The second kappa shape index (κ2) is 10.1. The van der Waals surface area contributed by atoms with E-state index in [1.807, 2.05) is 66.9 Å². The van der Waals surface area contributed by atoms with Crippen molar-refractivity contribution in [1.29, 1.82) is 0 Å². The van der Waals surface area contributed by atoms with E-state index in [1.54, 1.807) is 18.6 Å². The van der Waals surface area contributed by atoms with Gasteiger partial charge >= 0.3 is 0 Å². The van der Waals surface area contributed by atoms with Crippen molar-refractivity contribution in [3.8, 4) is 23.0 Å². The molecule has 0 radical (unpaired) electrons. The van der Waals surface area contributed by atoms with Crippen LogP contribution in [0.2, 0.25) is 0 Å². The summed E-state index contributed by atoms with van der Waals surface area (Å²) in [6.45, 7) is 4.45. The number of para-hydroxylation sites is 2. The van der Waals surface area contributed by atoms with Crippen LogP contribution in [-0.4, -0.2) is 43.0 Å². The van der Waals surface area contributed by atoms with Crippen molar-refractivity contribution in [1.82, 2.24) is 24.7 Å². The van der Waals surface area contributed by atoms with Crippen LogP contribution in [0, 0.1) is 6.92 Å². The minimum Gasteiger partial charge on any atom is -0.492 e. The zero-order valence-electron chi connectivity index (χ0n) is 17.7. The number of benzene rings is 2. The van der Waals surface area contributed by atoms with Crippen molar-refractivity contribution in [2.75, 3.05) is 17.7 Å². The molecule has 0 bridgehead atoms. The minimum atomic E-state index is -0.165. The highest BCUT2D eigenvalue weighted by molar-refractivity contribution is 7.99. The summed E-state index contributed by atoms with van der Waals surface area (Å²) in [6, 6.07) is 15.4. The van der Waals surface area contributed by atoms with Crippen LogP contribution >= 0.6 is 11.8 Å². The molecule has 32 heavy (non-hydrogen) atoms. The maximum atomic E-state index is 12.6. The fourth-order valence-corrected chi connectivity index (χ4v) is 3.79. The van der Waals surface area contributed by atoms with Gasteiger partial charge in [0.15, 0.2) is 11.0 Å². The smallest absolute Gasteiger partial charge is 0.234 e. The zero-order chi connectivity index (χ0) is 22.3. The molecule has 2 aromatic heterocycles. The van der Waals surface area contributed by atoms with Crippen LogP contribution < -0.4 is 10.1 Å². The molecule has 4 rings (SSSR count). The van der Waals surface area contributed by atoms with Gasteiger partial charge in [-0.3, -0.25) is 14.3 Å². The van der Waals surface area contributed by atoms with Crippen molar-refractivity contribution >= 4 is 23.4 Å². The van der Waals surface area contributed by atoms with Gasteiger partial charge < -0.3 is 10.1 Å². The molecule has 162 valence electrons. The zero-order valence-corrected chi connectivity index (χ0v) is 18.5. The number of aromatic nitrogens is 5. The first-order valence-electron chi connectivity index (χ1n) is 10.1. The lowest BCUT2D eigenvalue weighted by atomic mass is 10.2. The third-order valence-electron chi connectivity index (χ3n) is 4.51. The number of ether oxygens (including phenoxy) is 1. The van der Waals surface area contributed by atoms with E-state index in [0.29, 0.717) is 34.7 Å². The van der Waals surface area contributed by atoms with Crippen LogP contribution in [0.1, 0.15) is 12.5 Å². The minimum absolute atomic E-state index is 0.158. The molecule has 0 atom stereocenters. The molecule has 0 aliphatic rings. The maximum absolute atomic E-state index is 12.6. The number of nitrogens with zero attached hydrogens (tertiary/aromatic N) is 5. The van der Waals surface area contributed by atoms with Crippen LogP contribution in [0.4, 0.5) is 5.69 Å². The van der Waals surface area contributed by atoms with E-state index in [4.69, 9.17) is 4.74 Å². The second-order valence-electron chi connectivity index (χ2n) is 6.83. The molecule has 1 amide bonds. The highest BCUT2D eigenvalue weighted by Crippen LogP contribution is 2.28. The molecule has 2 heterocycles. The first-order valence-corrected chi connectivity index (χ1v) is 11.1. The van der Waals surface area contributed by atoms with Gasteiger partial charge in [-0.2, -0.15) is 0 Å². The largest absolute Gasteiger partial charge is 0.492 e. The van der Waals surface area contributed by atoms with Gasteiger partial charge in [0, 0.05) is 18.1 Å². The number of aryl methyl sites for hydroxylation is 1. The molecule has 4 aromatic rings. The van der Waals surface area contributed by atoms with Gasteiger partial charge in [-0.15, -0.1) is 10.2 Å². The van der Waals surface area contributed by atoms with Gasteiger partial charge in [0.25, 0.3) is 0 Å². The molecule has 0 saturated heterocycles. The lowest BCUT2D eigenvalue weighted by Crippen LogP contribution is -2.15. The fourth-order valence-electron chi connectivity index (χ4n) is 3.04. The highest BCUT2D eigenvalue weighted by atomic mass is 32.2. The number of thioether (sulfide) groups is 1. The van der Waals surface area contributed by atoms with Gasteiger partial charge in [0.1, 0.15) is 11.4 Å². The summed E-state index contributed by atoms with van der Waals surface area (Å²) < 4.78 is 7.46. The Morgan fingerprint density at radius 2 is 1.91 bits per heavy atom. The van der Waals surface area contributed by atoms with Crippen molar-refractivity contribution in [3.63, 3.8) is 0 Å². The first kappa shape index (κ1) is 21.5.